The number of benzene rings is 1. The normalized spacial score (nSPS) is 21.0. The molecule has 5 nitrogen and oxygen atoms in total. The van der Waals surface area contributed by atoms with E-state index in [2.05, 4.69) is 15.4 Å². The number of hydrogen-bond acceptors (Lipinski definition) is 4. The van der Waals surface area contributed by atoms with Crippen molar-refractivity contribution in [2.24, 2.45) is 0 Å². The zero-order chi connectivity index (χ0) is 14.5. The smallest absolute Gasteiger partial charge is 0.387 e. The number of aliphatic hydroxyl groups is 1. The first-order valence-corrected chi connectivity index (χ1v) is 6.27. The molecule has 0 spiro atoms. The van der Waals surface area contributed by atoms with Gasteiger partial charge in [-0.3, -0.25) is 4.79 Å². The van der Waals surface area contributed by atoms with Crippen molar-refractivity contribution in [3.8, 4) is 5.75 Å². The zero-order valence-electron chi connectivity index (χ0n) is 11.1. The van der Waals surface area contributed by atoms with Crippen molar-refractivity contribution in [2.75, 3.05) is 6.54 Å². The lowest BCUT2D eigenvalue weighted by atomic mass is 10.1. The molecule has 1 fully saturated rings. The summed E-state index contributed by atoms with van der Waals surface area (Å²) in [6.45, 7) is -2.26. The van der Waals surface area contributed by atoms with Crippen LogP contribution in [0.15, 0.2) is 24.3 Å². The number of β-amino-alcohol motifs (C(OH)–C–C–N with tert-alkyl or cyclic N) is 1. The Labute approximate surface area is 127 Å². The Hall–Kier alpha value is -1.44. The minimum Gasteiger partial charge on any atom is -0.435 e. The molecule has 1 aromatic rings. The van der Waals surface area contributed by atoms with Gasteiger partial charge >= 0.3 is 6.61 Å². The van der Waals surface area contributed by atoms with E-state index in [1.165, 1.54) is 12.1 Å². The Balaban J connectivity index is 0.00000220. The summed E-state index contributed by atoms with van der Waals surface area (Å²) in [6.07, 6.45) is -0.131. The van der Waals surface area contributed by atoms with E-state index < -0.39 is 18.8 Å². The molecule has 8 heteroatoms. The van der Waals surface area contributed by atoms with Crippen molar-refractivity contribution in [1.82, 2.24) is 10.6 Å². The van der Waals surface area contributed by atoms with Gasteiger partial charge in [0.15, 0.2) is 0 Å². The Morgan fingerprint density at radius 1 is 1.52 bits per heavy atom. The minimum absolute atomic E-state index is 0. The van der Waals surface area contributed by atoms with Crippen LogP contribution in [0.2, 0.25) is 0 Å². The number of alkyl halides is 2. The molecule has 0 radical (unpaired) electrons. The number of rotatable bonds is 5. The van der Waals surface area contributed by atoms with Crippen LogP contribution in [0.5, 0.6) is 5.75 Å². The molecule has 2 unspecified atom stereocenters. The number of ether oxygens (including phenoxy) is 1. The quantitative estimate of drug-likeness (QED) is 0.758. The Kier molecular flexibility index (Phi) is 6.80. The fraction of sp³-hybridized carbons (Fsp3) is 0.462. The molecule has 2 atom stereocenters. The van der Waals surface area contributed by atoms with Gasteiger partial charge in [-0.25, -0.2) is 0 Å². The van der Waals surface area contributed by atoms with Crippen LogP contribution < -0.4 is 15.4 Å². The minimum atomic E-state index is -2.87. The second-order valence-electron chi connectivity index (χ2n) is 4.59. The number of amides is 1. The van der Waals surface area contributed by atoms with E-state index in [-0.39, 0.29) is 30.6 Å². The first-order chi connectivity index (χ1) is 9.54. The fourth-order valence-corrected chi connectivity index (χ4v) is 2.06. The molecule has 1 heterocycles. The molecule has 0 aliphatic carbocycles. The molecule has 3 N–H and O–H groups in total. The van der Waals surface area contributed by atoms with E-state index in [0.717, 1.165) is 0 Å². The molecule has 0 bridgehead atoms. The van der Waals surface area contributed by atoms with Gasteiger partial charge in [-0.2, -0.15) is 8.78 Å². The van der Waals surface area contributed by atoms with Crippen molar-refractivity contribution in [2.45, 2.75) is 31.7 Å². The topological polar surface area (TPSA) is 70.6 Å². The Morgan fingerprint density at radius 2 is 2.29 bits per heavy atom. The standard InChI is InChI=1S/C13H16F2N2O3.ClH/c14-13(15)20-10-3-1-2-8(4-10)6-17-12(19)11-5-9(18)7-16-11;/h1-4,9,11,13,16,18H,5-7H2,(H,17,19);1H. The molecule has 0 aromatic heterocycles. The molecule has 1 aliphatic heterocycles. The summed E-state index contributed by atoms with van der Waals surface area (Å²) in [6, 6.07) is 5.74. The van der Waals surface area contributed by atoms with Gasteiger partial charge < -0.3 is 20.5 Å². The van der Waals surface area contributed by atoms with Crippen molar-refractivity contribution in [1.29, 1.82) is 0 Å². The Morgan fingerprint density at radius 3 is 2.90 bits per heavy atom. The molecule has 0 saturated carbocycles. The van der Waals surface area contributed by atoms with Gasteiger partial charge in [0, 0.05) is 13.1 Å². The summed E-state index contributed by atoms with van der Waals surface area (Å²) < 4.78 is 28.5. The SMILES string of the molecule is Cl.O=C(NCc1cccc(OC(F)F)c1)C1CC(O)CN1. The predicted molar refractivity (Wildman–Crippen MR) is 74.6 cm³/mol. The molecule has 1 aromatic carbocycles. The van der Waals surface area contributed by atoms with Crippen molar-refractivity contribution < 1.29 is 23.4 Å². The van der Waals surface area contributed by atoms with Crippen LogP contribution in [0.3, 0.4) is 0 Å². The first kappa shape index (κ1) is 17.6. The highest BCUT2D eigenvalue weighted by molar-refractivity contribution is 5.85. The summed E-state index contributed by atoms with van der Waals surface area (Å²) in [5, 5.41) is 14.9. The monoisotopic (exact) mass is 322 g/mol. The van der Waals surface area contributed by atoms with Gasteiger partial charge in [-0.15, -0.1) is 12.4 Å². The van der Waals surface area contributed by atoms with Gasteiger partial charge in [0.1, 0.15) is 5.75 Å². The number of hydrogen-bond donors (Lipinski definition) is 3. The first-order valence-electron chi connectivity index (χ1n) is 6.27. The Bertz CT molecular complexity index is 476. The summed E-state index contributed by atoms with van der Waals surface area (Å²) in [5.74, 6) is -0.164. The summed E-state index contributed by atoms with van der Waals surface area (Å²) in [7, 11) is 0. The van der Waals surface area contributed by atoms with Gasteiger partial charge in [0.2, 0.25) is 5.91 Å². The van der Waals surface area contributed by atoms with Crippen molar-refractivity contribution in [3.05, 3.63) is 29.8 Å². The third-order valence-electron chi connectivity index (χ3n) is 3.01. The van der Waals surface area contributed by atoms with Gasteiger partial charge in [0.25, 0.3) is 0 Å². The molecule has 2 rings (SSSR count). The van der Waals surface area contributed by atoms with E-state index >= 15 is 0 Å². The van der Waals surface area contributed by atoms with Crippen LogP contribution in [0.4, 0.5) is 8.78 Å². The highest BCUT2D eigenvalue weighted by Gasteiger charge is 2.27. The van der Waals surface area contributed by atoms with Gasteiger partial charge in [-0.1, -0.05) is 12.1 Å². The maximum Gasteiger partial charge on any atom is 0.387 e. The van der Waals surface area contributed by atoms with E-state index in [9.17, 15) is 18.7 Å². The summed E-state index contributed by atoms with van der Waals surface area (Å²) in [4.78, 5) is 11.8. The largest absolute Gasteiger partial charge is 0.435 e. The summed E-state index contributed by atoms with van der Waals surface area (Å²) in [5.41, 5.74) is 0.662. The highest BCUT2D eigenvalue weighted by Crippen LogP contribution is 2.16. The van der Waals surface area contributed by atoms with Gasteiger partial charge in [-0.05, 0) is 24.1 Å². The lowest BCUT2D eigenvalue weighted by Crippen LogP contribution is -2.40. The number of nitrogens with one attached hydrogen (secondary N) is 2. The maximum atomic E-state index is 12.1. The van der Waals surface area contributed by atoms with E-state index in [4.69, 9.17) is 0 Å². The van der Waals surface area contributed by atoms with Gasteiger partial charge in [0.05, 0.1) is 12.1 Å². The third kappa shape index (κ3) is 5.45. The molecular weight excluding hydrogens is 306 g/mol. The van der Waals surface area contributed by atoms with Crippen LogP contribution >= 0.6 is 12.4 Å². The highest BCUT2D eigenvalue weighted by atomic mass is 35.5. The van der Waals surface area contributed by atoms with Crippen molar-refractivity contribution in [3.63, 3.8) is 0 Å². The molecule has 1 aliphatic rings. The molecular formula is C13H17ClF2N2O3. The van der Waals surface area contributed by atoms with Crippen LogP contribution in [0.1, 0.15) is 12.0 Å². The number of halogens is 3. The van der Waals surface area contributed by atoms with Crippen LogP contribution in [0, 0.1) is 0 Å². The average molecular weight is 323 g/mol. The number of aliphatic hydroxyl groups excluding tert-OH is 1. The van der Waals surface area contributed by atoms with Crippen LogP contribution in [-0.4, -0.2) is 36.3 Å². The molecule has 1 saturated heterocycles. The van der Waals surface area contributed by atoms with Crippen molar-refractivity contribution >= 4 is 18.3 Å². The zero-order valence-corrected chi connectivity index (χ0v) is 11.9. The van der Waals surface area contributed by atoms with E-state index in [1.807, 2.05) is 0 Å². The fourth-order valence-electron chi connectivity index (χ4n) is 2.06. The second-order valence-corrected chi connectivity index (χ2v) is 4.59. The maximum absolute atomic E-state index is 12.1. The predicted octanol–water partition coefficient (Wildman–Crippen LogP) is 1.05. The lowest BCUT2D eigenvalue weighted by molar-refractivity contribution is -0.123. The number of carbonyl (C=O) groups is 1. The second kappa shape index (κ2) is 8.11. The molecule has 21 heavy (non-hydrogen) atoms. The lowest BCUT2D eigenvalue weighted by Gasteiger charge is -2.12. The molecule has 118 valence electrons. The number of carbonyl (C=O) groups excluding carboxylic acids is 1. The van der Waals surface area contributed by atoms with Crippen LogP contribution in [0.25, 0.3) is 0 Å². The van der Waals surface area contributed by atoms with E-state index in [1.54, 1.807) is 12.1 Å². The third-order valence-corrected chi connectivity index (χ3v) is 3.01. The summed E-state index contributed by atoms with van der Waals surface area (Å²) >= 11 is 0. The average Bonchev–Trinajstić information content (AvgIpc) is 2.82. The van der Waals surface area contributed by atoms with E-state index in [0.29, 0.717) is 18.5 Å². The van der Waals surface area contributed by atoms with Crippen LogP contribution in [-0.2, 0) is 11.3 Å². The molecule has 1 amide bonds.